The molecule has 0 bridgehead atoms. The van der Waals surface area contributed by atoms with Gasteiger partial charge in [0, 0.05) is 10.3 Å². The Morgan fingerprint density at radius 3 is 2.64 bits per heavy atom. The first kappa shape index (κ1) is 8.29. The first-order chi connectivity index (χ1) is 5.39. The van der Waals surface area contributed by atoms with Crippen molar-refractivity contribution >= 4 is 24.2 Å². The predicted molar refractivity (Wildman–Crippen MR) is 45.9 cm³/mol. The zero-order chi connectivity index (χ0) is 7.94. The highest BCUT2D eigenvalue weighted by Crippen LogP contribution is 2.04. The quantitative estimate of drug-likeness (QED) is 0.640. The summed E-state index contributed by atoms with van der Waals surface area (Å²) in [6.07, 6.45) is 6.19. The maximum absolute atomic E-state index is 4.47. The number of rotatable bonds is 0. The van der Waals surface area contributed by atoms with Gasteiger partial charge in [-0.3, -0.25) is 0 Å². The summed E-state index contributed by atoms with van der Waals surface area (Å²) >= 11 is 5.40. The van der Waals surface area contributed by atoms with E-state index < -0.39 is 0 Å². The van der Waals surface area contributed by atoms with Gasteiger partial charge in [-0.15, -0.1) is 12.6 Å². The van der Waals surface area contributed by atoms with Crippen molar-refractivity contribution in [1.82, 2.24) is 9.36 Å². The van der Waals surface area contributed by atoms with Gasteiger partial charge in [-0.2, -0.15) is 4.37 Å². The molecule has 2 heterocycles. The largest absolute Gasteiger partial charge is 0.452 e. The zero-order valence-corrected chi connectivity index (χ0v) is 7.26. The molecule has 2 aromatic rings. The molecular formula is C6H6N2OS2. The molecule has 2 aromatic heterocycles. The monoisotopic (exact) mass is 186 g/mol. The number of aromatic nitrogens is 2. The van der Waals surface area contributed by atoms with Gasteiger partial charge in [0.25, 0.3) is 0 Å². The first-order valence-corrected chi connectivity index (χ1v) is 4.08. The van der Waals surface area contributed by atoms with Crippen molar-refractivity contribution < 1.29 is 4.42 Å². The number of nitrogens with zero attached hydrogens (tertiary/aromatic N) is 2. The summed E-state index contributed by atoms with van der Waals surface area (Å²) < 4.78 is 8.26. The number of hydrogen-bond donors (Lipinski definition) is 1. The normalized spacial score (nSPS) is 8.45. The molecule has 3 nitrogen and oxygen atoms in total. The Labute approximate surface area is 73.7 Å². The predicted octanol–water partition coefficient (Wildman–Crippen LogP) is 2.11. The Morgan fingerprint density at radius 1 is 1.55 bits per heavy atom. The van der Waals surface area contributed by atoms with Crippen LogP contribution in [0.3, 0.4) is 0 Å². The van der Waals surface area contributed by atoms with E-state index in [1.807, 2.05) is 5.38 Å². The lowest BCUT2D eigenvalue weighted by molar-refractivity contribution is 0.558. The SMILES string of the molecule is Sc1cnsc1.c1cocn1. The van der Waals surface area contributed by atoms with Gasteiger partial charge in [-0.05, 0) is 11.5 Å². The van der Waals surface area contributed by atoms with E-state index in [4.69, 9.17) is 0 Å². The highest BCUT2D eigenvalue weighted by molar-refractivity contribution is 7.80. The molecule has 0 amide bonds. The third kappa shape index (κ3) is 3.79. The van der Waals surface area contributed by atoms with Gasteiger partial charge in [0.05, 0.1) is 12.4 Å². The fourth-order valence-electron chi connectivity index (χ4n) is 0.375. The van der Waals surface area contributed by atoms with Crippen LogP contribution in [0.4, 0.5) is 0 Å². The number of oxazole rings is 1. The lowest BCUT2D eigenvalue weighted by Gasteiger charge is -1.62. The Bertz CT molecular complexity index is 237. The maximum atomic E-state index is 4.47. The molecule has 0 atom stereocenters. The van der Waals surface area contributed by atoms with Crippen LogP contribution in [0.1, 0.15) is 0 Å². The summed E-state index contributed by atoms with van der Waals surface area (Å²) in [6, 6.07) is 0. The van der Waals surface area contributed by atoms with Crippen LogP contribution in [0.5, 0.6) is 0 Å². The van der Waals surface area contributed by atoms with Crippen LogP contribution in [0.25, 0.3) is 0 Å². The van der Waals surface area contributed by atoms with E-state index in [-0.39, 0.29) is 0 Å². The summed E-state index contributed by atoms with van der Waals surface area (Å²) in [5.41, 5.74) is 0. The van der Waals surface area contributed by atoms with Crippen molar-refractivity contribution in [3.63, 3.8) is 0 Å². The van der Waals surface area contributed by atoms with Gasteiger partial charge in [0.1, 0.15) is 6.26 Å². The molecule has 0 radical (unpaired) electrons. The van der Waals surface area contributed by atoms with Gasteiger partial charge in [-0.25, -0.2) is 4.98 Å². The van der Waals surface area contributed by atoms with Crippen LogP contribution in [0.2, 0.25) is 0 Å². The van der Waals surface area contributed by atoms with Gasteiger partial charge in [0.15, 0.2) is 6.39 Å². The van der Waals surface area contributed by atoms with E-state index in [9.17, 15) is 0 Å². The van der Waals surface area contributed by atoms with Gasteiger partial charge >= 0.3 is 0 Å². The Morgan fingerprint density at radius 2 is 2.45 bits per heavy atom. The van der Waals surface area contributed by atoms with E-state index in [0.717, 1.165) is 4.90 Å². The van der Waals surface area contributed by atoms with Crippen LogP contribution in [0, 0.1) is 0 Å². The van der Waals surface area contributed by atoms with Crippen molar-refractivity contribution in [2.75, 3.05) is 0 Å². The number of hydrogen-bond acceptors (Lipinski definition) is 5. The van der Waals surface area contributed by atoms with Crippen LogP contribution < -0.4 is 0 Å². The Balaban J connectivity index is 0.000000112. The van der Waals surface area contributed by atoms with E-state index in [2.05, 4.69) is 26.4 Å². The topological polar surface area (TPSA) is 38.9 Å². The highest BCUT2D eigenvalue weighted by Gasteiger charge is 1.77. The van der Waals surface area contributed by atoms with Gasteiger partial charge in [0.2, 0.25) is 0 Å². The maximum Gasteiger partial charge on any atom is 0.180 e. The smallest absolute Gasteiger partial charge is 0.180 e. The van der Waals surface area contributed by atoms with E-state index in [1.165, 1.54) is 24.2 Å². The molecular weight excluding hydrogens is 180 g/mol. The van der Waals surface area contributed by atoms with Crippen LogP contribution in [-0.4, -0.2) is 9.36 Å². The molecule has 0 N–H and O–H groups in total. The summed E-state index contributed by atoms with van der Waals surface area (Å²) in [5.74, 6) is 0. The second-order valence-corrected chi connectivity index (χ2v) is 2.73. The number of thiol groups is 1. The van der Waals surface area contributed by atoms with Gasteiger partial charge in [-0.1, -0.05) is 0 Å². The van der Waals surface area contributed by atoms with E-state index in [0.29, 0.717) is 0 Å². The standard InChI is InChI=1S/C3H3NO.C3H3NS2/c1-2-5-3-4-1;5-3-1-4-6-2-3/h1-3H;1-2,5H. The second kappa shape index (κ2) is 4.92. The first-order valence-electron chi connectivity index (χ1n) is 2.80. The minimum Gasteiger partial charge on any atom is -0.452 e. The second-order valence-electron chi connectivity index (χ2n) is 1.56. The van der Waals surface area contributed by atoms with E-state index >= 15 is 0 Å². The average Bonchev–Trinajstić information content (AvgIpc) is 2.57. The molecule has 0 aliphatic carbocycles. The van der Waals surface area contributed by atoms with E-state index in [1.54, 1.807) is 12.4 Å². The molecule has 0 aliphatic heterocycles. The lowest BCUT2D eigenvalue weighted by Crippen LogP contribution is -1.42. The molecule has 0 saturated carbocycles. The lowest BCUT2D eigenvalue weighted by atomic mass is 10.8. The fraction of sp³-hybridized carbons (Fsp3) is 0. The third-order valence-electron chi connectivity index (χ3n) is 0.766. The minimum absolute atomic E-state index is 0.944. The molecule has 0 unspecified atom stereocenters. The molecule has 0 spiro atoms. The van der Waals surface area contributed by atoms with Crippen molar-refractivity contribution in [2.24, 2.45) is 0 Å². The van der Waals surface area contributed by atoms with Crippen molar-refractivity contribution in [1.29, 1.82) is 0 Å². The molecule has 0 fully saturated rings. The Kier molecular flexibility index (Phi) is 3.71. The van der Waals surface area contributed by atoms with Crippen LogP contribution in [-0.2, 0) is 0 Å². The minimum atomic E-state index is 0.944. The van der Waals surface area contributed by atoms with Crippen LogP contribution >= 0.6 is 24.2 Å². The van der Waals surface area contributed by atoms with Crippen LogP contribution in [0.15, 0.2) is 39.7 Å². The Hall–Kier alpha value is -0.810. The molecule has 0 saturated heterocycles. The molecule has 58 valence electrons. The average molecular weight is 186 g/mol. The van der Waals surface area contributed by atoms with Crippen molar-refractivity contribution in [3.05, 3.63) is 30.4 Å². The third-order valence-corrected chi connectivity index (χ3v) is 1.77. The zero-order valence-electron chi connectivity index (χ0n) is 5.54. The highest BCUT2D eigenvalue weighted by atomic mass is 32.1. The summed E-state index contributed by atoms with van der Waals surface area (Å²) in [4.78, 5) is 4.50. The van der Waals surface area contributed by atoms with Crippen molar-refractivity contribution in [3.8, 4) is 0 Å². The fourth-order valence-corrected chi connectivity index (χ4v) is 1.06. The molecule has 0 aromatic carbocycles. The molecule has 11 heavy (non-hydrogen) atoms. The summed E-state index contributed by atoms with van der Waals surface area (Å²) in [5, 5.41) is 1.88. The van der Waals surface area contributed by atoms with Crippen molar-refractivity contribution in [2.45, 2.75) is 4.90 Å². The molecule has 0 aliphatic rings. The molecule has 2 rings (SSSR count). The molecule has 5 heteroatoms. The van der Waals surface area contributed by atoms with Gasteiger partial charge < -0.3 is 4.42 Å². The summed E-state index contributed by atoms with van der Waals surface area (Å²) in [7, 11) is 0. The summed E-state index contributed by atoms with van der Waals surface area (Å²) in [6.45, 7) is 0.